The SMILES string of the molecule is CCCCCC/C=C\CCCCCCCC(=O)OC(CCC)CCCCCCCCCCCC(=O)O. The van der Waals surface area contributed by atoms with Gasteiger partial charge in [-0.1, -0.05) is 116 Å². The summed E-state index contributed by atoms with van der Waals surface area (Å²) >= 11 is 0. The normalized spacial score (nSPS) is 12.3. The number of carbonyl (C=O) groups excluding carboxylic acids is 1. The highest BCUT2D eigenvalue weighted by molar-refractivity contribution is 5.69. The van der Waals surface area contributed by atoms with Gasteiger partial charge in [0.2, 0.25) is 0 Å². The highest BCUT2D eigenvalue weighted by Gasteiger charge is 2.13. The number of ether oxygens (including phenoxy) is 1. The van der Waals surface area contributed by atoms with Crippen LogP contribution >= 0.6 is 0 Å². The van der Waals surface area contributed by atoms with Gasteiger partial charge in [0.1, 0.15) is 6.10 Å². The van der Waals surface area contributed by atoms with Crippen molar-refractivity contribution in [1.82, 2.24) is 0 Å². The summed E-state index contributed by atoms with van der Waals surface area (Å²) in [5.41, 5.74) is 0. The molecule has 0 spiro atoms. The zero-order chi connectivity index (χ0) is 26.5. The molecule has 0 saturated heterocycles. The summed E-state index contributed by atoms with van der Waals surface area (Å²) in [5, 5.41) is 8.64. The Morgan fingerprint density at radius 1 is 0.583 bits per heavy atom. The van der Waals surface area contributed by atoms with E-state index in [-0.39, 0.29) is 12.1 Å². The van der Waals surface area contributed by atoms with Gasteiger partial charge in [0.15, 0.2) is 0 Å². The molecular weight excluding hydrogens is 448 g/mol. The number of hydrogen-bond donors (Lipinski definition) is 1. The van der Waals surface area contributed by atoms with Gasteiger partial charge in [-0.15, -0.1) is 0 Å². The molecule has 0 heterocycles. The molecule has 4 nitrogen and oxygen atoms in total. The highest BCUT2D eigenvalue weighted by Crippen LogP contribution is 2.17. The highest BCUT2D eigenvalue weighted by atomic mass is 16.5. The first-order chi connectivity index (χ1) is 17.6. The second-order valence-corrected chi connectivity index (χ2v) is 10.6. The number of allylic oxidation sites excluding steroid dienone is 2. The number of hydrogen-bond acceptors (Lipinski definition) is 3. The number of carboxylic acid groups (broad SMARTS) is 1. The molecule has 0 rings (SSSR count). The van der Waals surface area contributed by atoms with Gasteiger partial charge >= 0.3 is 11.9 Å². The van der Waals surface area contributed by atoms with E-state index in [0.29, 0.717) is 12.8 Å². The quantitative estimate of drug-likeness (QED) is 0.0648. The monoisotopic (exact) mass is 508 g/mol. The molecule has 1 atom stereocenters. The van der Waals surface area contributed by atoms with Crippen LogP contribution in [0, 0.1) is 0 Å². The number of carboxylic acids is 1. The fraction of sp³-hybridized carbons (Fsp3) is 0.875. The summed E-state index contributed by atoms with van der Waals surface area (Å²) in [4.78, 5) is 22.8. The van der Waals surface area contributed by atoms with E-state index in [1.165, 1.54) is 89.9 Å². The number of carbonyl (C=O) groups is 2. The predicted molar refractivity (Wildman–Crippen MR) is 153 cm³/mol. The third kappa shape index (κ3) is 27.3. The molecule has 0 aliphatic heterocycles. The van der Waals surface area contributed by atoms with Gasteiger partial charge in [-0.05, 0) is 57.8 Å². The van der Waals surface area contributed by atoms with Gasteiger partial charge in [-0.25, -0.2) is 0 Å². The second-order valence-electron chi connectivity index (χ2n) is 10.6. The Balaban J connectivity index is 3.60. The van der Waals surface area contributed by atoms with E-state index in [4.69, 9.17) is 9.84 Å². The summed E-state index contributed by atoms with van der Waals surface area (Å²) in [7, 11) is 0. The van der Waals surface area contributed by atoms with Gasteiger partial charge < -0.3 is 9.84 Å². The molecule has 0 saturated carbocycles. The van der Waals surface area contributed by atoms with Crippen molar-refractivity contribution in [3.05, 3.63) is 12.2 Å². The predicted octanol–water partition coefficient (Wildman–Crippen LogP) is 10.3. The van der Waals surface area contributed by atoms with Crippen molar-refractivity contribution < 1.29 is 19.4 Å². The Labute approximate surface area is 224 Å². The number of rotatable bonds is 28. The molecule has 1 unspecified atom stereocenters. The van der Waals surface area contributed by atoms with E-state index < -0.39 is 5.97 Å². The second kappa shape index (κ2) is 28.3. The maximum atomic E-state index is 12.3. The molecule has 0 aromatic rings. The molecule has 0 bridgehead atoms. The Morgan fingerprint density at radius 2 is 1.06 bits per heavy atom. The lowest BCUT2D eigenvalue weighted by atomic mass is 10.0. The third-order valence-electron chi connectivity index (χ3n) is 6.97. The van der Waals surface area contributed by atoms with Gasteiger partial charge in [-0.2, -0.15) is 0 Å². The molecule has 0 fully saturated rings. The van der Waals surface area contributed by atoms with E-state index >= 15 is 0 Å². The van der Waals surface area contributed by atoms with Crippen molar-refractivity contribution in [3.63, 3.8) is 0 Å². The molecular formula is C32H60O4. The lowest BCUT2D eigenvalue weighted by Gasteiger charge is -2.17. The largest absolute Gasteiger partial charge is 0.481 e. The van der Waals surface area contributed by atoms with Gasteiger partial charge in [-0.3, -0.25) is 9.59 Å². The molecule has 0 amide bonds. The Bertz CT molecular complexity index is 514. The molecule has 0 aliphatic carbocycles. The van der Waals surface area contributed by atoms with Crippen molar-refractivity contribution in [2.75, 3.05) is 0 Å². The summed E-state index contributed by atoms with van der Waals surface area (Å²) in [6.07, 6.45) is 32.7. The smallest absolute Gasteiger partial charge is 0.306 e. The Hall–Kier alpha value is -1.32. The van der Waals surface area contributed by atoms with Crippen molar-refractivity contribution in [2.45, 2.75) is 180 Å². The molecule has 0 aromatic heterocycles. The average Bonchev–Trinajstić information content (AvgIpc) is 2.85. The Morgan fingerprint density at radius 3 is 1.58 bits per heavy atom. The molecule has 4 heteroatoms. The number of esters is 1. The summed E-state index contributed by atoms with van der Waals surface area (Å²) in [5.74, 6) is -0.679. The zero-order valence-corrected chi connectivity index (χ0v) is 24.1. The minimum atomic E-state index is -0.681. The summed E-state index contributed by atoms with van der Waals surface area (Å²) in [6.45, 7) is 4.42. The van der Waals surface area contributed by atoms with Crippen LogP contribution in [0.15, 0.2) is 12.2 Å². The van der Waals surface area contributed by atoms with Gasteiger partial charge in [0, 0.05) is 12.8 Å². The maximum Gasteiger partial charge on any atom is 0.306 e. The average molecular weight is 509 g/mol. The molecule has 0 aliphatic rings. The zero-order valence-electron chi connectivity index (χ0n) is 24.1. The van der Waals surface area contributed by atoms with Gasteiger partial charge in [0.25, 0.3) is 0 Å². The standard InChI is InChI=1S/C32H60O4/c1-3-5-6-7-8-9-10-11-12-16-19-22-25-29-32(35)36-30(26-4-2)27-23-20-17-14-13-15-18-21-24-28-31(33)34/h9-10,30H,3-8,11-29H2,1-2H3,(H,33,34)/b10-9-. The van der Waals surface area contributed by atoms with Crippen LogP contribution in [-0.4, -0.2) is 23.1 Å². The van der Waals surface area contributed by atoms with Crippen molar-refractivity contribution in [1.29, 1.82) is 0 Å². The third-order valence-corrected chi connectivity index (χ3v) is 6.97. The van der Waals surface area contributed by atoms with Crippen molar-refractivity contribution in [2.24, 2.45) is 0 Å². The fourth-order valence-electron chi connectivity index (χ4n) is 4.70. The lowest BCUT2D eigenvalue weighted by Crippen LogP contribution is -2.18. The first-order valence-corrected chi connectivity index (χ1v) is 15.7. The first-order valence-electron chi connectivity index (χ1n) is 15.7. The minimum absolute atomic E-state index is 0.00218. The molecule has 36 heavy (non-hydrogen) atoms. The van der Waals surface area contributed by atoms with E-state index in [1.54, 1.807) is 0 Å². The van der Waals surface area contributed by atoms with E-state index in [2.05, 4.69) is 26.0 Å². The first kappa shape index (κ1) is 34.7. The van der Waals surface area contributed by atoms with Crippen LogP contribution in [0.1, 0.15) is 174 Å². The van der Waals surface area contributed by atoms with Crippen molar-refractivity contribution >= 4 is 11.9 Å². The van der Waals surface area contributed by atoms with E-state index in [0.717, 1.165) is 57.8 Å². The van der Waals surface area contributed by atoms with E-state index in [1.807, 2.05) is 0 Å². The number of aliphatic carboxylic acids is 1. The van der Waals surface area contributed by atoms with Crippen LogP contribution < -0.4 is 0 Å². The van der Waals surface area contributed by atoms with Crippen LogP contribution in [0.4, 0.5) is 0 Å². The van der Waals surface area contributed by atoms with Crippen LogP contribution in [0.2, 0.25) is 0 Å². The van der Waals surface area contributed by atoms with Crippen LogP contribution in [-0.2, 0) is 14.3 Å². The summed E-state index contributed by atoms with van der Waals surface area (Å²) in [6, 6.07) is 0. The molecule has 212 valence electrons. The maximum absolute atomic E-state index is 12.3. The molecule has 0 radical (unpaired) electrons. The summed E-state index contributed by atoms with van der Waals surface area (Å²) < 4.78 is 5.81. The topological polar surface area (TPSA) is 63.6 Å². The number of unbranched alkanes of at least 4 members (excludes halogenated alkanes) is 17. The lowest BCUT2D eigenvalue weighted by molar-refractivity contribution is -0.150. The van der Waals surface area contributed by atoms with Crippen LogP contribution in [0.5, 0.6) is 0 Å². The van der Waals surface area contributed by atoms with Crippen LogP contribution in [0.25, 0.3) is 0 Å². The molecule has 0 aromatic carbocycles. The fourth-order valence-corrected chi connectivity index (χ4v) is 4.70. The Kier molecular flexibility index (Phi) is 27.2. The van der Waals surface area contributed by atoms with Crippen LogP contribution in [0.3, 0.4) is 0 Å². The van der Waals surface area contributed by atoms with Crippen molar-refractivity contribution in [3.8, 4) is 0 Å². The minimum Gasteiger partial charge on any atom is -0.481 e. The molecule has 1 N–H and O–H groups in total. The van der Waals surface area contributed by atoms with E-state index in [9.17, 15) is 9.59 Å². The van der Waals surface area contributed by atoms with Gasteiger partial charge in [0.05, 0.1) is 0 Å².